The normalized spacial score (nSPS) is 15.5. The first kappa shape index (κ1) is 25.1. The number of hydrogen-bond acceptors (Lipinski definition) is 5. The lowest BCUT2D eigenvalue weighted by molar-refractivity contribution is -0.0210. The summed E-state index contributed by atoms with van der Waals surface area (Å²) in [6.07, 6.45) is 2.04. The first-order valence-corrected chi connectivity index (χ1v) is 13.5. The number of benzene rings is 3. The van der Waals surface area contributed by atoms with Gasteiger partial charge in [0.2, 0.25) is 0 Å². The second-order valence-corrected chi connectivity index (χ2v) is 11.0. The molecule has 5 rings (SSSR count). The Morgan fingerprint density at radius 2 is 1.76 bits per heavy atom. The molecule has 4 aromatic rings. The van der Waals surface area contributed by atoms with E-state index >= 15 is 0 Å². The Balaban J connectivity index is 1.31. The molecule has 1 aliphatic rings. The molecular weight excluding hydrogens is 517 g/mol. The van der Waals surface area contributed by atoms with Crippen molar-refractivity contribution in [2.75, 3.05) is 17.8 Å². The van der Waals surface area contributed by atoms with Crippen LogP contribution in [0.15, 0.2) is 83.9 Å². The van der Waals surface area contributed by atoms with Crippen molar-refractivity contribution < 1.29 is 22.7 Å². The maximum absolute atomic E-state index is 15.0. The van der Waals surface area contributed by atoms with Gasteiger partial charge >= 0.3 is 0 Å². The molecule has 3 aromatic carbocycles. The van der Waals surface area contributed by atoms with E-state index in [-0.39, 0.29) is 47.6 Å². The molecule has 1 aliphatic heterocycles. The Hall–Kier alpha value is -3.53. The minimum atomic E-state index is -4.15. The molecule has 7 nitrogen and oxygen atoms in total. The molecule has 10 heteroatoms. The summed E-state index contributed by atoms with van der Waals surface area (Å²) in [5.74, 6) is -1.29. The molecule has 1 saturated heterocycles. The second kappa shape index (κ2) is 9.74. The summed E-state index contributed by atoms with van der Waals surface area (Å²) in [4.78, 5) is 18.6. The molecule has 1 aromatic heterocycles. The van der Waals surface area contributed by atoms with Crippen LogP contribution < -0.4 is 4.72 Å². The summed E-state index contributed by atoms with van der Waals surface area (Å²) in [5, 5.41) is 12.2. The van der Waals surface area contributed by atoms with E-state index in [1.807, 2.05) is 0 Å². The fourth-order valence-corrected chi connectivity index (χ4v) is 6.15. The van der Waals surface area contributed by atoms with Crippen LogP contribution in [0.25, 0.3) is 10.9 Å². The number of likely N-dealkylation sites (tertiary alicyclic amines) is 1. The topological polar surface area (TPSA) is 99.6 Å². The summed E-state index contributed by atoms with van der Waals surface area (Å²) in [7, 11) is -4.15. The quantitative estimate of drug-likeness (QED) is 0.374. The first-order chi connectivity index (χ1) is 17.7. The van der Waals surface area contributed by atoms with Crippen LogP contribution in [0.2, 0.25) is 5.02 Å². The molecule has 0 atom stereocenters. The van der Waals surface area contributed by atoms with E-state index in [1.54, 1.807) is 48.5 Å². The summed E-state index contributed by atoms with van der Waals surface area (Å²) in [6.45, 7) is 0.509. The lowest BCUT2D eigenvalue weighted by atomic mass is 9.84. The molecular formula is C27H23ClFN3O4S. The van der Waals surface area contributed by atoms with Gasteiger partial charge in [-0.1, -0.05) is 48.0 Å². The molecule has 2 N–H and O–H groups in total. The van der Waals surface area contributed by atoms with Crippen LogP contribution in [0.5, 0.6) is 0 Å². The number of pyridine rings is 1. The molecule has 0 bridgehead atoms. The lowest BCUT2D eigenvalue weighted by Gasteiger charge is -2.39. The number of piperidine rings is 1. The molecule has 0 spiro atoms. The van der Waals surface area contributed by atoms with Gasteiger partial charge in [-0.3, -0.25) is 14.5 Å². The molecule has 0 unspecified atom stereocenters. The van der Waals surface area contributed by atoms with Crippen LogP contribution >= 0.6 is 11.6 Å². The summed E-state index contributed by atoms with van der Waals surface area (Å²) in [6, 6.07) is 18.8. The van der Waals surface area contributed by atoms with Gasteiger partial charge in [-0.25, -0.2) is 12.8 Å². The minimum absolute atomic E-state index is 0.0791. The SMILES string of the molecule is O=C(c1ccc(NS(=O)(=O)c2cccc3cccnc23)c(F)c1)N1CCC(O)(c2ccccc2Cl)CC1. The minimum Gasteiger partial charge on any atom is -0.385 e. The zero-order chi connectivity index (χ0) is 26.2. The van der Waals surface area contributed by atoms with E-state index in [9.17, 15) is 22.7 Å². The molecule has 1 fully saturated rings. The number of rotatable bonds is 5. The van der Waals surface area contributed by atoms with Crippen molar-refractivity contribution in [3.05, 3.63) is 101 Å². The van der Waals surface area contributed by atoms with Gasteiger partial charge in [0.05, 0.1) is 16.8 Å². The first-order valence-electron chi connectivity index (χ1n) is 11.6. The highest BCUT2D eigenvalue weighted by atomic mass is 35.5. The lowest BCUT2D eigenvalue weighted by Crippen LogP contribution is -2.45. The van der Waals surface area contributed by atoms with Gasteiger partial charge in [-0.15, -0.1) is 0 Å². The highest BCUT2D eigenvalue weighted by molar-refractivity contribution is 7.93. The average Bonchev–Trinajstić information content (AvgIpc) is 2.89. The van der Waals surface area contributed by atoms with Gasteiger partial charge in [0, 0.05) is 40.8 Å². The second-order valence-electron chi connectivity index (χ2n) is 8.94. The highest BCUT2D eigenvalue weighted by Gasteiger charge is 2.37. The third kappa shape index (κ3) is 4.90. The van der Waals surface area contributed by atoms with E-state index in [0.717, 1.165) is 6.07 Å². The van der Waals surface area contributed by atoms with E-state index in [0.29, 0.717) is 16.0 Å². The fourth-order valence-electron chi connectivity index (χ4n) is 4.59. The van der Waals surface area contributed by atoms with Gasteiger partial charge in [-0.2, -0.15) is 0 Å². The Kier molecular flexibility index (Phi) is 6.61. The molecule has 190 valence electrons. The number of carbonyl (C=O) groups is 1. The number of aliphatic hydroxyl groups is 1. The third-order valence-corrected chi connectivity index (χ3v) is 8.33. The van der Waals surface area contributed by atoms with Crippen molar-refractivity contribution in [3.8, 4) is 0 Å². The Morgan fingerprint density at radius 1 is 1.03 bits per heavy atom. The molecule has 0 radical (unpaired) electrons. The van der Waals surface area contributed by atoms with Crippen molar-refractivity contribution >= 4 is 44.1 Å². The van der Waals surface area contributed by atoms with Gasteiger partial charge in [0.25, 0.3) is 15.9 Å². The van der Waals surface area contributed by atoms with Crippen LogP contribution in [-0.4, -0.2) is 42.4 Å². The standard InChI is InChI=1S/C27H23ClFN3O4S/c28-21-8-2-1-7-20(21)27(34)12-15-32(16-13-27)26(33)19-10-11-23(22(29)17-19)31-37(35,36)24-9-3-5-18-6-4-14-30-25(18)24/h1-11,14,17,31,34H,12-13,15-16H2. The molecule has 2 heterocycles. The molecule has 1 amide bonds. The van der Waals surface area contributed by atoms with Gasteiger partial charge in [-0.05, 0) is 49.2 Å². The van der Waals surface area contributed by atoms with Crippen LogP contribution in [-0.2, 0) is 15.6 Å². The number of nitrogens with one attached hydrogen (secondary N) is 1. The van der Waals surface area contributed by atoms with E-state index in [1.165, 1.54) is 29.3 Å². The molecule has 0 aliphatic carbocycles. The van der Waals surface area contributed by atoms with Crippen molar-refractivity contribution in [3.63, 3.8) is 0 Å². The van der Waals surface area contributed by atoms with E-state index in [4.69, 9.17) is 11.6 Å². The number of halogens is 2. The monoisotopic (exact) mass is 539 g/mol. The number of nitrogens with zero attached hydrogens (tertiary/aromatic N) is 2. The van der Waals surface area contributed by atoms with Gasteiger partial charge in [0.15, 0.2) is 0 Å². The molecule has 0 saturated carbocycles. The average molecular weight is 540 g/mol. The van der Waals surface area contributed by atoms with Crippen LogP contribution in [0, 0.1) is 5.82 Å². The van der Waals surface area contributed by atoms with Crippen molar-refractivity contribution in [1.82, 2.24) is 9.88 Å². The van der Waals surface area contributed by atoms with Crippen LogP contribution in [0.4, 0.5) is 10.1 Å². The van der Waals surface area contributed by atoms with Crippen molar-refractivity contribution in [1.29, 1.82) is 0 Å². The Labute approximate surface area is 218 Å². The summed E-state index contributed by atoms with van der Waals surface area (Å²) >= 11 is 6.25. The van der Waals surface area contributed by atoms with Crippen LogP contribution in [0.1, 0.15) is 28.8 Å². The van der Waals surface area contributed by atoms with Gasteiger partial charge in [0.1, 0.15) is 10.7 Å². The number of sulfonamides is 1. The number of aromatic nitrogens is 1. The third-order valence-electron chi connectivity index (χ3n) is 6.60. The largest absolute Gasteiger partial charge is 0.385 e. The summed E-state index contributed by atoms with van der Waals surface area (Å²) in [5.41, 5.74) is -0.468. The predicted octanol–water partition coefficient (Wildman–Crippen LogP) is 4.95. The van der Waals surface area contributed by atoms with E-state index < -0.39 is 27.3 Å². The fraction of sp³-hybridized carbons (Fsp3) is 0.185. The maximum atomic E-state index is 15.0. The van der Waals surface area contributed by atoms with Gasteiger partial charge < -0.3 is 10.0 Å². The maximum Gasteiger partial charge on any atom is 0.264 e. The number of amides is 1. The molecule has 37 heavy (non-hydrogen) atoms. The van der Waals surface area contributed by atoms with Crippen molar-refractivity contribution in [2.24, 2.45) is 0 Å². The predicted molar refractivity (Wildman–Crippen MR) is 139 cm³/mol. The number of para-hydroxylation sites is 1. The van der Waals surface area contributed by atoms with Crippen LogP contribution in [0.3, 0.4) is 0 Å². The number of fused-ring (bicyclic) bond motifs is 1. The summed E-state index contributed by atoms with van der Waals surface area (Å²) < 4.78 is 43.2. The number of anilines is 1. The highest BCUT2D eigenvalue weighted by Crippen LogP contribution is 2.37. The Bertz CT molecular complexity index is 1600. The van der Waals surface area contributed by atoms with Crippen molar-refractivity contribution in [2.45, 2.75) is 23.3 Å². The smallest absolute Gasteiger partial charge is 0.264 e. The Morgan fingerprint density at radius 3 is 2.49 bits per heavy atom. The van der Waals surface area contributed by atoms with E-state index in [2.05, 4.69) is 9.71 Å². The number of hydrogen-bond donors (Lipinski definition) is 2. The zero-order valence-corrected chi connectivity index (χ0v) is 21.1. The zero-order valence-electron chi connectivity index (χ0n) is 19.6. The number of carbonyl (C=O) groups excluding carboxylic acids is 1.